The lowest BCUT2D eigenvalue weighted by atomic mass is 10.3. The summed E-state index contributed by atoms with van der Waals surface area (Å²) in [6.07, 6.45) is 2.33. The quantitative estimate of drug-likeness (QED) is 0.375. The minimum atomic E-state index is 0.495. The summed E-state index contributed by atoms with van der Waals surface area (Å²) in [6, 6.07) is 0. The van der Waals surface area contributed by atoms with Gasteiger partial charge in [-0.2, -0.15) is 0 Å². The monoisotopic (exact) mass is 190 g/mol. The number of ether oxygens (including phenoxy) is 1. The molecule has 0 amide bonds. The summed E-state index contributed by atoms with van der Waals surface area (Å²) >= 11 is 4.98. The predicted molar refractivity (Wildman–Crippen MR) is 55.1 cm³/mol. The van der Waals surface area contributed by atoms with Crippen LogP contribution in [0.1, 0.15) is 26.7 Å². The Morgan fingerprint density at radius 1 is 1.33 bits per heavy atom. The van der Waals surface area contributed by atoms with E-state index >= 15 is 0 Å². The summed E-state index contributed by atoms with van der Waals surface area (Å²) in [7, 11) is 0. The fourth-order valence-electron chi connectivity index (χ4n) is 0.660. The highest BCUT2D eigenvalue weighted by Gasteiger charge is 1.91. The largest absolute Gasteiger partial charge is 0.363 e. The Morgan fingerprint density at radius 2 is 2.08 bits per heavy atom. The van der Waals surface area contributed by atoms with Crippen LogP contribution in [0.25, 0.3) is 0 Å². The van der Waals surface area contributed by atoms with Crippen LogP contribution in [0.5, 0.6) is 0 Å². The Morgan fingerprint density at radius 3 is 2.67 bits per heavy atom. The van der Waals surface area contributed by atoms with Gasteiger partial charge in [0, 0.05) is 13.2 Å². The van der Waals surface area contributed by atoms with Crippen molar-refractivity contribution in [1.82, 2.24) is 10.6 Å². The van der Waals surface area contributed by atoms with Gasteiger partial charge in [0.15, 0.2) is 5.11 Å². The van der Waals surface area contributed by atoms with Crippen LogP contribution in [0.3, 0.4) is 0 Å². The van der Waals surface area contributed by atoms with Crippen molar-refractivity contribution in [2.45, 2.75) is 26.7 Å². The van der Waals surface area contributed by atoms with Gasteiger partial charge in [0.1, 0.15) is 6.73 Å². The van der Waals surface area contributed by atoms with Crippen LogP contribution < -0.4 is 10.6 Å². The van der Waals surface area contributed by atoms with E-state index in [0.717, 1.165) is 13.0 Å². The molecular weight excluding hydrogens is 172 g/mol. The van der Waals surface area contributed by atoms with Gasteiger partial charge in [-0.15, -0.1) is 0 Å². The van der Waals surface area contributed by atoms with E-state index in [0.29, 0.717) is 18.5 Å². The van der Waals surface area contributed by atoms with E-state index < -0.39 is 0 Å². The molecule has 4 heteroatoms. The summed E-state index contributed by atoms with van der Waals surface area (Å²) in [5.41, 5.74) is 0. The maximum absolute atomic E-state index is 5.07. The molecular formula is C8H18N2OS. The molecule has 0 aliphatic carbocycles. The molecule has 0 saturated carbocycles. The molecule has 2 N–H and O–H groups in total. The van der Waals surface area contributed by atoms with Gasteiger partial charge in [0.2, 0.25) is 0 Å². The van der Waals surface area contributed by atoms with Crippen LogP contribution in [0, 0.1) is 0 Å². The summed E-state index contributed by atoms with van der Waals surface area (Å²) < 4.78 is 5.07. The van der Waals surface area contributed by atoms with Gasteiger partial charge in [-0.3, -0.25) is 0 Å². The molecule has 0 radical (unpaired) electrons. The van der Waals surface area contributed by atoms with Gasteiger partial charge >= 0.3 is 0 Å². The van der Waals surface area contributed by atoms with Crippen molar-refractivity contribution in [3.63, 3.8) is 0 Å². The summed E-state index contributed by atoms with van der Waals surface area (Å²) in [5, 5.41) is 6.70. The maximum atomic E-state index is 5.07. The molecule has 0 heterocycles. The van der Waals surface area contributed by atoms with Crippen LogP contribution in [0.2, 0.25) is 0 Å². The standard InChI is InChI=1S/C8H18N2OS/c1-3-5-6-9-8(12)10-7-11-4-2/h3-7H2,1-2H3,(H2,9,10,12). The van der Waals surface area contributed by atoms with Crippen molar-refractivity contribution in [2.24, 2.45) is 0 Å². The van der Waals surface area contributed by atoms with Crippen molar-refractivity contribution in [2.75, 3.05) is 19.9 Å². The fraction of sp³-hybridized carbons (Fsp3) is 0.875. The van der Waals surface area contributed by atoms with Crippen molar-refractivity contribution in [3.8, 4) is 0 Å². The molecule has 0 atom stereocenters. The molecule has 0 aliphatic heterocycles. The van der Waals surface area contributed by atoms with Crippen molar-refractivity contribution in [1.29, 1.82) is 0 Å². The molecule has 0 saturated heterocycles. The number of hydrogen-bond acceptors (Lipinski definition) is 2. The molecule has 0 spiro atoms. The Balaban J connectivity index is 3.10. The lowest BCUT2D eigenvalue weighted by Gasteiger charge is -2.09. The molecule has 0 fully saturated rings. The molecule has 0 rings (SSSR count). The number of hydrogen-bond donors (Lipinski definition) is 2. The van der Waals surface area contributed by atoms with E-state index in [9.17, 15) is 0 Å². The predicted octanol–water partition coefficient (Wildman–Crippen LogP) is 1.24. The zero-order valence-electron chi connectivity index (χ0n) is 7.85. The third kappa shape index (κ3) is 7.75. The highest BCUT2D eigenvalue weighted by atomic mass is 32.1. The molecule has 0 aromatic heterocycles. The first-order valence-corrected chi connectivity index (χ1v) is 4.81. The lowest BCUT2D eigenvalue weighted by molar-refractivity contribution is 0.142. The van der Waals surface area contributed by atoms with Gasteiger partial charge in [-0.05, 0) is 25.6 Å². The first-order chi connectivity index (χ1) is 5.81. The Bertz CT molecular complexity index is 108. The van der Waals surface area contributed by atoms with E-state index in [1.165, 1.54) is 6.42 Å². The fourth-order valence-corrected chi connectivity index (χ4v) is 0.821. The minimum absolute atomic E-state index is 0.495. The minimum Gasteiger partial charge on any atom is -0.363 e. The second kappa shape index (κ2) is 8.74. The van der Waals surface area contributed by atoms with E-state index in [1.54, 1.807) is 0 Å². The third-order valence-electron chi connectivity index (χ3n) is 1.35. The maximum Gasteiger partial charge on any atom is 0.168 e. The number of rotatable bonds is 6. The lowest BCUT2D eigenvalue weighted by Crippen LogP contribution is -2.36. The summed E-state index contributed by atoms with van der Waals surface area (Å²) in [4.78, 5) is 0. The average molecular weight is 190 g/mol. The highest BCUT2D eigenvalue weighted by molar-refractivity contribution is 7.80. The second-order valence-electron chi connectivity index (χ2n) is 2.42. The molecule has 0 unspecified atom stereocenters. The number of unbranched alkanes of at least 4 members (excludes halogenated alkanes) is 1. The topological polar surface area (TPSA) is 33.3 Å². The van der Waals surface area contributed by atoms with E-state index in [2.05, 4.69) is 17.6 Å². The third-order valence-corrected chi connectivity index (χ3v) is 1.64. The SMILES string of the molecule is CCCCNC(=S)NCOCC. The van der Waals surface area contributed by atoms with Crippen molar-refractivity contribution >= 4 is 17.3 Å². The van der Waals surface area contributed by atoms with Gasteiger partial charge in [-0.1, -0.05) is 13.3 Å². The van der Waals surface area contributed by atoms with E-state index in [4.69, 9.17) is 17.0 Å². The van der Waals surface area contributed by atoms with Crippen LogP contribution in [-0.4, -0.2) is 25.0 Å². The molecule has 0 aromatic rings. The van der Waals surface area contributed by atoms with Gasteiger partial charge in [0.25, 0.3) is 0 Å². The first-order valence-electron chi connectivity index (χ1n) is 4.40. The Labute approximate surface area is 79.9 Å². The van der Waals surface area contributed by atoms with Crippen LogP contribution in [-0.2, 0) is 4.74 Å². The molecule has 0 bridgehead atoms. The average Bonchev–Trinajstić information content (AvgIpc) is 2.06. The normalized spacial score (nSPS) is 9.50. The molecule has 72 valence electrons. The number of nitrogens with one attached hydrogen (secondary N) is 2. The molecule has 12 heavy (non-hydrogen) atoms. The number of thiocarbonyl (C=S) groups is 1. The van der Waals surface area contributed by atoms with Gasteiger partial charge in [-0.25, -0.2) is 0 Å². The van der Waals surface area contributed by atoms with E-state index in [1.807, 2.05) is 6.92 Å². The Kier molecular flexibility index (Phi) is 8.49. The zero-order valence-corrected chi connectivity index (χ0v) is 8.67. The van der Waals surface area contributed by atoms with Gasteiger partial charge < -0.3 is 15.4 Å². The molecule has 3 nitrogen and oxygen atoms in total. The first kappa shape index (κ1) is 11.6. The van der Waals surface area contributed by atoms with Crippen molar-refractivity contribution in [3.05, 3.63) is 0 Å². The van der Waals surface area contributed by atoms with Crippen LogP contribution in [0.4, 0.5) is 0 Å². The van der Waals surface area contributed by atoms with Gasteiger partial charge in [0.05, 0.1) is 0 Å². The van der Waals surface area contributed by atoms with E-state index in [-0.39, 0.29) is 0 Å². The second-order valence-corrected chi connectivity index (χ2v) is 2.83. The van der Waals surface area contributed by atoms with Crippen LogP contribution in [0.15, 0.2) is 0 Å². The zero-order chi connectivity index (χ0) is 9.23. The van der Waals surface area contributed by atoms with Crippen LogP contribution >= 0.6 is 12.2 Å². The smallest absolute Gasteiger partial charge is 0.168 e. The summed E-state index contributed by atoms with van der Waals surface area (Å²) in [6.45, 7) is 6.25. The Hall–Kier alpha value is -0.350. The summed E-state index contributed by atoms with van der Waals surface area (Å²) in [5.74, 6) is 0. The highest BCUT2D eigenvalue weighted by Crippen LogP contribution is 1.82. The molecule has 0 aliphatic rings. The molecule has 0 aromatic carbocycles. The van der Waals surface area contributed by atoms with Crippen molar-refractivity contribution < 1.29 is 4.74 Å².